The van der Waals surface area contributed by atoms with Crippen LogP contribution in [-0.4, -0.2) is 0 Å². The third-order valence-corrected chi connectivity index (χ3v) is 5.47. The first kappa shape index (κ1) is 28.9. The normalized spacial score (nSPS) is 11.7. The first-order chi connectivity index (χ1) is 15.0. The third kappa shape index (κ3) is 7.23. The molecule has 3 aromatic rings. The van der Waals surface area contributed by atoms with Gasteiger partial charge in [0.05, 0.1) is 0 Å². The number of hydrogen-bond acceptors (Lipinski definition) is 0. The van der Waals surface area contributed by atoms with Gasteiger partial charge in [0.1, 0.15) is 0 Å². The van der Waals surface area contributed by atoms with Gasteiger partial charge in [-0.2, -0.15) is 0 Å². The van der Waals surface area contributed by atoms with Crippen LogP contribution in [0.25, 0.3) is 21.9 Å². The third-order valence-electron chi connectivity index (χ3n) is 5.47. The lowest BCUT2D eigenvalue weighted by atomic mass is 9.82. The van der Waals surface area contributed by atoms with Gasteiger partial charge >= 0.3 is 0 Å². The molecule has 4 rings (SSSR count). The van der Waals surface area contributed by atoms with E-state index in [4.69, 9.17) is 0 Å². The van der Waals surface area contributed by atoms with Gasteiger partial charge in [0.25, 0.3) is 0 Å². The molecule has 0 heteroatoms. The van der Waals surface area contributed by atoms with E-state index in [1.165, 1.54) is 58.7 Å². The van der Waals surface area contributed by atoms with E-state index in [9.17, 15) is 0 Å². The predicted octanol–water partition coefficient (Wildman–Crippen LogP) is 10.8. The number of hydrogen-bond donors (Lipinski definition) is 0. The Balaban J connectivity index is 0.000000637. The molecule has 1 aliphatic rings. The zero-order valence-electron chi connectivity index (χ0n) is 22.1. The van der Waals surface area contributed by atoms with E-state index in [0.717, 1.165) is 0 Å². The van der Waals surface area contributed by atoms with Crippen LogP contribution in [0.2, 0.25) is 0 Å². The van der Waals surface area contributed by atoms with Gasteiger partial charge in [0.15, 0.2) is 0 Å². The smallest absolute Gasteiger partial charge is 0.0159 e. The quantitative estimate of drug-likeness (QED) is 0.386. The van der Waals surface area contributed by atoms with E-state index in [-0.39, 0.29) is 5.41 Å². The van der Waals surface area contributed by atoms with Crippen LogP contribution in [0.1, 0.15) is 106 Å². The summed E-state index contributed by atoms with van der Waals surface area (Å²) in [6, 6.07) is 22.1. The monoisotopic (exact) mass is 420 g/mol. The van der Waals surface area contributed by atoms with Gasteiger partial charge in [-0.15, -0.1) is 0 Å². The minimum atomic E-state index is 0.107. The molecule has 3 aromatic carbocycles. The fraction of sp³-hybridized carbons (Fsp3) is 0.484. The highest BCUT2D eigenvalue weighted by Gasteiger charge is 2.35. The molecule has 0 N–H and O–H groups in total. The van der Waals surface area contributed by atoms with Crippen molar-refractivity contribution >= 4 is 10.8 Å². The topological polar surface area (TPSA) is 0 Å². The first-order valence-corrected chi connectivity index (χ1v) is 12.6. The Bertz CT molecular complexity index is 847. The molecule has 0 saturated heterocycles. The molecule has 0 radical (unpaired) electrons. The Morgan fingerprint density at radius 3 is 1.58 bits per heavy atom. The molecule has 0 atom stereocenters. The molecule has 0 unspecified atom stereocenters. The summed E-state index contributed by atoms with van der Waals surface area (Å²) in [7, 11) is 0. The van der Waals surface area contributed by atoms with Crippen LogP contribution in [0.5, 0.6) is 0 Å². The van der Waals surface area contributed by atoms with Gasteiger partial charge < -0.3 is 0 Å². The van der Waals surface area contributed by atoms with E-state index in [0.29, 0.717) is 0 Å². The highest BCUT2D eigenvalue weighted by molar-refractivity contribution is 6.02. The fourth-order valence-electron chi connectivity index (χ4n) is 3.47. The van der Waals surface area contributed by atoms with E-state index in [1.807, 2.05) is 27.7 Å². The largest absolute Gasteiger partial charge is 0.0683 e. The van der Waals surface area contributed by atoms with Crippen molar-refractivity contribution in [3.63, 3.8) is 0 Å². The molecular weight excluding hydrogens is 372 g/mol. The number of fused-ring (bicyclic) bond motifs is 5. The molecular formula is C31H48. The van der Waals surface area contributed by atoms with Crippen LogP contribution in [-0.2, 0) is 5.41 Å². The van der Waals surface area contributed by atoms with E-state index < -0.39 is 0 Å². The molecule has 0 aromatic heterocycles. The standard InChI is InChI=1S/C19H16.2C4H10.2C2H6/c1-19(2)16-10-6-5-9-15(16)18-14-8-4-3-7-13(14)11-12-17(18)19;2*1-3-4-2;2*1-2/h3-12H,1-2H3;2*3-4H2,1-2H3;2*1-2H3. The minimum absolute atomic E-state index is 0.107. The molecule has 0 aliphatic heterocycles. The lowest BCUT2D eigenvalue weighted by Gasteiger charge is -2.21. The van der Waals surface area contributed by atoms with Crippen LogP contribution < -0.4 is 0 Å². The number of benzene rings is 3. The Labute approximate surface area is 194 Å². The van der Waals surface area contributed by atoms with Gasteiger partial charge in [-0.1, -0.05) is 156 Å². The highest BCUT2D eigenvalue weighted by atomic mass is 14.4. The zero-order chi connectivity index (χ0) is 23.9. The van der Waals surface area contributed by atoms with Crippen molar-refractivity contribution in [2.24, 2.45) is 0 Å². The van der Waals surface area contributed by atoms with Crippen LogP contribution in [0.15, 0.2) is 60.7 Å². The Morgan fingerprint density at radius 1 is 0.548 bits per heavy atom. The Kier molecular flexibility index (Phi) is 14.6. The molecule has 0 bridgehead atoms. The molecule has 0 fully saturated rings. The van der Waals surface area contributed by atoms with Crippen molar-refractivity contribution in [2.45, 2.75) is 100 Å². The summed E-state index contributed by atoms with van der Waals surface area (Å²) in [6.07, 6.45) is 5.28. The van der Waals surface area contributed by atoms with Gasteiger partial charge in [-0.05, 0) is 33.0 Å². The molecule has 31 heavy (non-hydrogen) atoms. The van der Waals surface area contributed by atoms with Gasteiger partial charge in [0, 0.05) is 5.41 Å². The summed E-state index contributed by atoms with van der Waals surface area (Å²) < 4.78 is 0. The summed E-state index contributed by atoms with van der Waals surface area (Å²) in [5.41, 5.74) is 5.84. The summed E-state index contributed by atoms with van der Waals surface area (Å²) >= 11 is 0. The van der Waals surface area contributed by atoms with Crippen molar-refractivity contribution in [3.05, 3.63) is 71.8 Å². The van der Waals surface area contributed by atoms with Crippen LogP contribution >= 0.6 is 0 Å². The summed E-state index contributed by atoms with van der Waals surface area (Å²) in [6.45, 7) is 21.4. The lowest BCUT2D eigenvalue weighted by Crippen LogP contribution is -2.14. The highest BCUT2D eigenvalue weighted by Crippen LogP contribution is 2.50. The molecule has 0 amide bonds. The van der Waals surface area contributed by atoms with Crippen LogP contribution in [0.3, 0.4) is 0 Å². The second-order valence-electron chi connectivity index (χ2n) is 7.88. The fourth-order valence-corrected chi connectivity index (χ4v) is 3.47. The zero-order valence-corrected chi connectivity index (χ0v) is 22.1. The van der Waals surface area contributed by atoms with Crippen molar-refractivity contribution in [1.29, 1.82) is 0 Å². The summed E-state index contributed by atoms with van der Waals surface area (Å²) in [4.78, 5) is 0. The molecule has 1 aliphatic carbocycles. The Morgan fingerprint density at radius 2 is 1.03 bits per heavy atom. The molecule has 172 valence electrons. The van der Waals surface area contributed by atoms with Gasteiger partial charge in [-0.25, -0.2) is 0 Å². The minimum Gasteiger partial charge on any atom is -0.0683 e. The average molecular weight is 421 g/mol. The maximum atomic E-state index is 2.33. The number of unbranched alkanes of at least 4 members (excludes halogenated alkanes) is 2. The lowest BCUT2D eigenvalue weighted by molar-refractivity contribution is 0.661. The first-order valence-electron chi connectivity index (χ1n) is 12.6. The van der Waals surface area contributed by atoms with Gasteiger partial charge in [-0.3, -0.25) is 0 Å². The molecule has 0 spiro atoms. The van der Waals surface area contributed by atoms with Crippen molar-refractivity contribution in [3.8, 4) is 11.1 Å². The van der Waals surface area contributed by atoms with Crippen molar-refractivity contribution in [1.82, 2.24) is 0 Å². The summed E-state index contributed by atoms with van der Waals surface area (Å²) in [5, 5.41) is 2.70. The molecule has 0 nitrogen and oxygen atoms in total. The number of rotatable bonds is 2. The Hall–Kier alpha value is -2.08. The van der Waals surface area contributed by atoms with Crippen molar-refractivity contribution in [2.75, 3.05) is 0 Å². The van der Waals surface area contributed by atoms with Gasteiger partial charge in [0.2, 0.25) is 0 Å². The molecule has 0 saturated carbocycles. The maximum Gasteiger partial charge on any atom is 0.0159 e. The summed E-state index contributed by atoms with van der Waals surface area (Å²) in [5.74, 6) is 0. The average Bonchev–Trinajstić information content (AvgIpc) is 3.09. The van der Waals surface area contributed by atoms with Crippen molar-refractivity contribution < 1.29 is 0 Å². The van der Waals surface area contributed by atoms with E-state index in [2.05, 4.69) is 102 Å². The second kappa shape index (κ2) is 15.7. The molecule has 0 heterocycles. The SMILES string of the molecule is CC.CC.CC1(C)c2ccccc2-c2c1ccc1ccccc21.CCCC.CCCC. The maximum absolute atomic E-state index is 2.33. The van der Waals surface area contributed by atoms with Crippen LogP contribution in [0.4, 0.5) is 0 Å². The van der Waals surface area contributed by atoms with Crippen LogP contribution in [0, 0.1) is 0 Å². The van der Waals surface area contributed by atoms with E-state index >= 15 is 0 Å². The second-order valence-corrected chi connectivity index (χ2v) is 7.88. The predicted molar refractivity (Wildman–Crippen MR) is 145 cm³/mol. The van der Waals surface area contributed by atoms with E-state index in [1.54, 1.807) is 0 Å².